The van der Waals surface area contributed by atoms with Crippen molar-refractivity contribution in [1.29, 1.82) is 0 Å². The minimum absolute atomic E-state index is 0.0393. The maximum Gasteiger partial charge on any atom is 0.417 e. The highest BCUT2D eigenvalue weighted by molar-refractivity contribution is 7.13. The molecule has 9 heteroatoms. The molecule has 0 radical (unpaired) electrons. The molecule has 4 rings (SSSR count). The fraction of sp³-hybridized carbons (Fsp3) is 0.273. The van der Waals surface area contributed by atoms with Crippen molar-refractivity contribution in [2.24, 2.45) is 5.92 Å². The quantitative estimate of drug-likeness (QED) is 0.489. The third-order valence-corrected chi connectivity index (χ3v) is 6.47. The molecule has 0 atom stereocenters. The highest BCUT2D eigenvalue weighted by atomic mass is 35.5. The van der Waals surface area contributed by atoms with Crippen molar-refractivity contribution in [1.82, 2.24) is 4.98 Å². The lowest BCUT2D eigenvalue weighted by Gasteiger charge is -2.32. The second kappa shape index (κ2) is 8.88. The molecule has 162 valence electrons. The minimum Gasteiger partial charge on any atom is -0.355 e. The van der Waals surface area contributed by atoms with Gasteiger partial charge in [-0.05, 0) is 36.4 Å². The lowest BCUT2D eigenvalue weighted by Crippen LogP contribution is -2.38. The van der Waals surface area contributed by atoms with Crippen molar-refractivity contribution in [2.75, 3.05) is 23.3 Å². The molecule has 4 nitrogen and oxygen atoms in total. The van der Waals surface area contributed by atoms with Crippen LogP contribution in [-0.2, 0) is 11.0 Å². The first-order valence-electron chi connectivity index (χ1n) is 9.74. The van der Waals surface area contributed by atoms with Gasteiger partial charge in [-0.2, -0.15) is 13.2 Å². The number of hydrogen-bond donors (Lipinski definition) is 1. The number of rotatable bonds is 4. The Bertz CT molecular complexity index is 1060. The highest BCUT2D eigenvalue weighted by Crippen LogP contribution is 2.35. The summed E-state index contributed by atoms with van der Waals surface area (Å²) in [6, 6.07) is 12.5. The summed E-state index contributed by atoms with van der Waals surface area (Å²) in [5, 5.41) is 4.99. The standard InChI is InChI=1S/C22H19ClF3N3OS/c23-17-12-15(22(24,25)26)13-27-20(17)29-9-7-14(8-10-29)21(30)28-18-5-2-1-4-16(18)19-6-3-11-31-19/h1-6,11-14H,7-10H2,(H,28,30). The van der Waals surface area contributed by atoms with Crippen LogP contribution in [0.15, 0.2) is 54.0 Å². The molecule has 1 fully saturated rings. The van der Waals surface area contributed by atoms with E-state index in [1.165, 1.54) is 0 Å². The van der Waals surface area contributed by atoms with Gasteiger partial charge in [0.2, 0.25) is 5.91 Å². The van der Waals surface area contributed by atoms with Crippen LogP contribution < -0.4 is 10.2 Å². The fourth-order valence-corrected chi connectivity index (χ4v) is 4.70. The number of piperidine rings is 1. The van der Waals surface area contributed by atoms with E-state index < -0.39 is 11.7 Å². The summed E-state index contributed by atoms with van der Waals surface area (Å²) < 4.78 is 38.5. The van der Waals surface area contributed by atoms with Crippen molar-refractivity contribution >= 4 is 40.4 Å². The van der Waals surface area contributed by atoms with Crippen LogP contribution in [0.3, 0.4) is 0 Å². The zero-order valence-electron chi connectivity index (χ0n) is 16.3. The Kier molecular flexibility index (Phi) is 6.20. The number of hydrogen-bond acceptors (Lipinski definition) is 4. The van der Waals surface area contributed by atoms with Gasteiger partial charge in [0.05, 0.1) is 10.6 Å². The number of aromatic nitrogens is 1. The van der Waals surface area contributed by atoms with Crippen molar-refractivity contribution in [2.45, 2.75) is 19.0 Å². The summed E-state index contributed by atoms with van der Waals surface area (Å²) in [6.07, 6.45) is -2.57. The van der Waals surface area contributed by atoms with E-state index in [9.17, 15) is 18.0 Å². The topological polar surface area (TPSA) is 45.2 Å². The average molecular weight is 466 g/mol. The van der Waals surface area contributed by atoms with Crippen LogP contribution >= 0.6 is 22.9 Å². The SMILES string of the molecule is O=C(Nc1ccccc1-c1cccs1)C1CCN(c2ncc(C(F)(F)F)cc2Cl)CC1. The largest absolute Gasteiger partial charge is 0.417 e. The van der Waals surface area contributed by atoms with E-state index in [0.717, 1.165) is 28.4 Å². The zero-order chi connectivity index (χ0) is 22.0. The summed E-state index contributed by atoms with van der Waals surface area (Å²) in [5.74, 6) is 0.0626. The Balaban J connectivity index is 1.40. The summed E-state index contributed by atoms with van der Waals surface area (Å²) in [4.78, 5) is 19.7. The predicted octanol–water partition coefficient (Wildman–Crippen LogP) is 6.34. The molecule has 1 saturated heterocycles. The summed E-state index contributed by atoms with van der Waals surface area (Å²) >= 11 is 7.67. The van der Waals surface area contributed by atoms with Gasteiger partial charge in [0, 0.05) is 41.3 Å². The lowest BCUT2D eigenvalue weighted by molar-refractivity contribution is -0.137. The van der Waals surface area contributed by atoms with Crippen LogP contribution in [0.5, 0.6) is 0 Å². The molecule has 1 aromatic carbocycles. The number of benzene rings is 1. The number of amides is 1. The van der Waals surface area contributed by atoms with Crippen LogP contribution in [-0.4, -0.2) is 24.0 Å². The third kappa shape index (κ3) is 4.85. The van der Waals surface area contributed by atoms with Gasteiger partial charge in [0.15, 0.2) is 0 Å². The van der Waals surface area contributed by atoms with E-state index in [0.29, 0.717) is 31.7 Å². The highest BCUT2D eigenvalue weighted by Gasteiger charge is 2.33. The number of anilines is 2. The number of halogens is 4. The van der Waals surface area contributed by atoms with Crippen LogP contribution in [0, 0.1) is 5.92 Å². The van der Waals surface area contributed by atoms with Crippen LogP contribution in [0.1, 0.15) is 18.4 Å². The van der Waals surface area contributed by atoms with E-state index in [-0.39, 0.29) is 16.8 Å². The normalized spacial score (nSPS) is 15.2. The van der Waals surface area contributed by atoms with E-state index in [4.69, 9.17) is 11.6 Å². The number of nitrogens with zero attached hydrogens (tertiary/aromatic N) is 2. The molecule has 3 heterocycles. The van der Waals surface area contributed by atoms with Crippen molar-refractivity contribution in [3.8, 4) is 10.4 Å². The Labute approximate surface area is 186 Å². The van der Waals surface area contributed by atoms with Gasteiger partial charge < -0.3 is 10.2 Å². The number of para-hydroxylation sites is 1. The molecule has 0 bridgehead atoms. The van der Waals surface area contributed by atoms with E-state index >= 15 is 0 Å². The molecular weight excluding hydrogens is 447 g/mol. The monoisotopic (exact) mass is 465 g/mol. The Morgan fingerprint density at radius 3 is 2.55 bits per heavy atom. The van der Waals surface area contributed by atoms with Crippen LogP contribution in [0.4, 0.5) is 24.7 Å². The molecule has 3 aromatic rings. The van der Waals surface area contributed by atoms with Crippen molar-refractivity contribution in [3.05, 3.63) is 64.6 Å². The van der Waals surface area contributed by atoms with Gasteiger partial charge in [-0.1, -0.05) is 35.9 Å². The first-order valence-corrected chi connectivity index (χ1v) is 11.0. The van der Waals surface area contributed by atoms with Crippen LogP contribution in [0.25, 0.3) is 10.4 Å². The van der Waals surface area contributed by atoms with E-state index in [1.54, 1.807) is 11.3 Å². The predicted molar refractivity (Wildman–Crippen MR) is 118 cm³/mol. The molecular formula is C22H19ClF3N3OS. The van der Waals surface area contributed by atoms with Crippen LogP contribution in [0.2, 0.25) is 5.02 Å². The van der Waals surface area contributed by atoms with E-state index in [1.807, 2.05) is 46.7 Å². The Hall–Kier alpha value is -2.58. The zero-order valence-corrected chi connectivity index (χ0v) is 17.9. The molecule has 2 aromatic heterocycles. The molecule has 1 aliphatic heterocycles. The first kappa shape index (κ1) is 21.6. The number of nitrogens with one attached hydrogen (secondary N) is 1. The van der Waals surface area contributed by atoms with Gasteiger partial charge in [0.1, 0.15) is 5.82 Å². The molecule has 1 aliphatic rings. The van der Waals surface area contributed by atoms with Gasteiger partial charge in [-0.15, -0.1) is 11.3 Å². The maximum absolute atomic E-state index is 12.9. The van der Waals surface area contributed by atoms with E-state index in [2.05, 4.69) is 10.3 Å². The number of carbonyl (C=O) groups is 1. The molecule has 0 saturated carbocycles. The van der Waals surface area contributed by atoms with Gasteiger partial charge in [0.25, 0.3) is 0 Å². The number of pyridine rings is 1. The minimum atomic E-state index is -4.49. The number of carbonyl (C=O) groups excluding carboxylic acids is 1. The third-order valence-electron chi connectivity index (χ3n) is 5.29. The van der Waals surface area contributed by atoms with Crippen molar-refractivity contribution in [3.63, 3.8) is 0 Å². The van der Waals surface area contributed by atoms with Gasteiger partial charge >= 0.3 is 6.18 Å². The lowest BCUT2D eigenvalue weighted by atomic mass is 9.95. The number of thiophene rings is 1. The van der Waals surface area contributed by atoms with Gasteiger partial charge in [-0.25, -0.2) is 4.98 Å². The first-order chi connectivity index (χ1) is 14.8. The maximum atomic E-state index is 12.9. The molecule has 31 heavy (non-hydrogen) atoms. The summed E-state index contributed by atoms with van der Waals surface area (Å²) in [7, 11) is 0. The Morgan fingerprint density at radius 2 is 1.90 bits per heavy atom. The fourth-order valence-electron chi connectivity index (χ4n) is 3.65. The van der Waals surface area contributed by atoms with Gasteiger partial charge in [-0.3, -0.25) is 4.79 Å². The number of alkyl halides is 3. The summed E-state index contributed by atoms with van der Waals surface area (Å²) in [5.41, 5.74) is 0.869. The molecule has 0 aliphatic carbocycles. The molecule has 1 amide bonds. The average Bonchev–Trinajstić information content (AvgIpc) is 3.28. The second-order valence-corrected chi connectivity index (χ2v) is 8.66. The Morgan fingerprint density at radius 1 is 1.16 bits per heavy atom. The second-order valence-electron chi connectivity index (χ2n) is 7.30. The summed E-state index contributed by atoms with van der Waals surface area (Å²) in [6.45, 7) is 0.978. The molecule has 0 unspecified atom stereocenters. The van der Waals surface area contributed by atoms with Crippen molar-refractivity contribution < 1.29 is 18.0 Å². The smallest absolute Gasteiger partial charge is 0.355 e. The molecule has 0 spiro atoms. The molecule has 1 N–H and O–H groups in total.